The van der Waals surface area contributed by atoms with Gasteiger partial charge >= 0.3 is 5.97 Å². The number of hydrogen-bond acceptors (Lipinski definition) is 4. The van der Waals surface area contributed by atoms with E-state index in [2.05, 4.69) is 43.4 Å². The maximum Gasteiger partial charge on any atom is 0.335 e. The van der Waals surface area contributed by atoms with E-state index in [9.17, 15) is 9.59 Å². The van der Waals surface area contributed by atoms with E-state index in [0.717, 1.165) is 32.5 Å². The number of carboxylic acid groups (broad SMARTS) is 1. The van der Waals surface area contributed by atoms with Gasteiger partial charge in [-0.05, 0) is 78.5 Å². The lowest BCUT2D eigenvalue weighted by atomic mass is 10.1. The summed E-state index contributed by atoms with van der Waals surface area (Å²) in [7, 11) is 2.08. The Balaban J connectivity index is 0.00000625. The van der Waals surface area contributed by atoms with E-state index in [1.165, 1.54) is 12.1 Å². The van der Waals surface area contributed by atoms with Crippen LogP contribution in [0.1, 0.15) is 61.8 Å². The van der Waals surface area contributed by atoms with Crippen molar-refractivity contribution in [3.63, 3.8) is 0 Å². The Kier molecular flexibility index (Phi) is 10.8. The van der Waals surface area contributed by atoms with Gasteiger partial charge in [-0.2, -0.15) is 0 Å². The van der Waals surface area contributed by atoms with E-state index in [-0.39, 0.29) is 24.4 Å². The molecule has 0 saturated carbocycles. The predicted molar refractivity (Wildman–Crippen MR) is 107 cm³/mol. The van der Waals surface area contributed by atoms with Crippen LogP contribution in [0.2, 0.25) is 0 Å². The molecule has 0 bridgehead atoms. The molecule has 0 aromatic heterocycles. The molecular weight excluding hydrogens is 330 g/mol. The minimum absolute atomic E-state index is 0. The highest BCUT2D eigenvalue weighted by molar-refractivity contribution is 5.97. The number of nitrogens with one attached hydrogen (secondary N) is 2. The number of amides is 1. The molecular formula is C20H35N3O3. The van der Waals surface area contributed by atoms with Crippen molar-refractivity contribution in [1.82, 2.24) is 15.5 Å². The fourth-order valence-electron chi connectivity index (χ4n) is 2.37. The van der Waals surface area contributed by atoms with Crippen molar-refractivity contribution in [3.05, 3.63) is 35.4 Å². The highest BCUT2D eigenvalue weighted by Crippen LogP contribution is 2.05. The lowest BCUT2D eigenvalue weighted by Gasteiger charge is -2.22. The van der Waals surface area contributed by atoms with Crippen molar-refractivity contribution in [2.45, 2.75) is 46.6 Å². The van der Waals surface area contributed by atoms with Gasteiger partial charge in [0.1, 0.15) is 0 Å². The first-order valence-electron chi connectivity index (χ1n) is 8.74. The largest absolute Gasteiger partial charge is 0.478 e. The monoisotopic (exact) mass is 365 g/mol. The molecule has 0 unspecified atom stereocenters. The third-order valence-corrected chi connectivity index (χ3v) is 3.75. The molecule has 0 spiro atoms. The van der Waals surface area contributed by atoms with Gasteiger partial charge in [-0.15, -0.1) is 0 Å². The Hall–Kier alpha value is -1.92. The summed E-state index contributed by atoms with van der Waals surface area (Å²) in [4.78, 5) is 25.2. The summed E-state index contributed by atoms with van der Waals surface area (Å²) in [6, 6.07) is 6.07. The van der Waals surface area contributed by atoms with Crippen LogP contribution in [0.4, 0.5) is 0 Å². The van der Waals surface area contributed by atoms with Crippen molar-refractivity contribution in [1.29, 1.82) is 0 Å². The second-order valence-electron chi connectivity index (χ2n) is 7.33. The van der Waals surface area contributed by atoms with Crippen molar-refractivity contribution in [2.24, 2.45) is 0 Å². The van der Waals surface area contributed by atoms with Gasteiger partial charge in [0.05, 0.1) is 5.56 Å². The van der Waals surface area contributed by atoms with E-state index in [0.29, 0.717) is 12.1 Å². The molecule has 0 radical (unpaired) electrons. The zero-order chi connectivity index (χ0) is 18.9. The van der Waals surface area contributed by atoms with Crippen LogP contribution in [0.5, 0.6) is 0 Å². The van der Waals surface area contributed by atoms with Gasteiger partial charge in [0.25, 0.3) is 5.91 Å². The average Bonchev–Trinajstić information content (AvgIpc) is 2.54. The van der Waals surface area contributed by atoms with Gasteiger partial charge in [-0.3, -0.25) is 4.79 Å². The third kappa shape index (κ3) is 10.2. The molecule has 1 aromatic rings. The predicted octanol–water partition coefficient (Wildman–Crippen LogP) is 2.85. The molecule has 0 aliphatic heterocycles. The summed E-state index contributed by atoms with van der Waals surface area (Å²) < 4.78 is 0. The summed E-state index contributed by atoms with van der Waals surface area (Å²) >= 11 is 0. The van der Waals surface area contributed by atoms with E-state index in [4.69, 9.17) is 5.11 Å². The second kappa shape index (κ2) is 11.6. The van der Waals surface area contributed by atoms with E-state index >= 15 is 0 Å². The Morgan fingerprint density at radius 3 is 2.23 bits per heavy atom. The van der Waals surface area contributed by atoms with E-state index in [1.807, 2.05) is 0 Å². The van der Waals surface area contributed by atoms with Crippen LogP contribution in [0.3, 0.4) is 0 Å². The highest BCUT2D eigenvalue weighted by Gasteiger charge is 2.10. The summed E-state index contributed by atoms with van der Waals surface area (Å²) in [6.07, 6.45) is 1.94. The van der Waals surface area contributed by atoms with Crippen LogP contribution in [0.15, 0.2) is 24.3 Å². The van der Waals surface area contributed by atoms with Crippen LogP contribution in [-0.4, -0.2) is 60.6 Å². The standard InChI is InChI=1S/C19H31N3O3.CH4/c1-19(2,3)21-11-7-13-22(4)12-6-10-20-17(23)15-8-5-9-16(14-15)18(24)25;/h5,8-9,14,21H,6-7,10-13H2,1-4H3,(H,20,23)(H,24,25);1H4. The fourth-order valence-corrected chi connectivity index (χ4v) is 2.37. The Morgan fingerprint density at radius 2 is 1.65 bits per heavy atom. The molecule has 1 aromatic carbocycles. The van der Waals surface area contributed by atoms with Crippen LogP contribution >= 0.6 is 0 Å². The average molecular weight is 366 g/mol. The van der Waals surface area contributed by atoms with Crippen molar-refractivity contribution in [2.75, 3.05) is 33.2 Å². The summed E-state index contributed by atoms with van der Waals surface area (Å²) in [5.41, 5.74) is 0.651. The maximum atomic E-state index is 12.0. The third-order valence-electron chi connectivity index (χ3n) is 3.75. The Bertz CT molecular complexity index is 568. The van der Waals surface area contributed by atoms with Crippen LogP contribution in [0, 0.1) is 0 Å². The molecule has 6 nitrogen and oxygen atoms in total. The van der Waals surface area contributed by atoms with Crippen LogP contribution < -0.4 is 10.6 Å². The number of carbonyl (C=O) groups is 2. The highest BCUT2D eigenvalue weighted by atomic mass is 16.4. The lowest BCUT2D eigenvalue weighted by molar-refractivity contribution is 0.0697. The zero-order valence-corrected chi connectivity index (χ0v) is 15.8. The lowest BCUT2D eigenvalue weighted by Crippen LogP contribution is -2.37. The Labute approximate surface area is 158 Å². The van der Waals surface area contributed by atoms with Crippen molar-refractivity contribution >= 4 is 11.9 Å². The number of benzene rings is 1. The second-order valence-corrected chi connectivity index (χ2v) is 7.33. The van der Waals surface area contributed by atoms with E-state index < -0.39 is 5.97 Å². The quantitative estimate of drug-likeness (QED) is 0.556. The molecule has 0 heterocycles. The minimum atomic E-state index is -1.03. The molecule has 0 fully saturated rings. The first-order valence-corrected chi connectivity index (χ1v) is 8.74. The molecule has 0 saturated heterocycles. The van der Waals surface area contributed by atoms with Gasteiger partial charge in [0.2, 0.25) is 0 Å². The number of nitrogens with zero attached hydrogens (tertiary/aromatic N) is 1. The summed E-state index contributed by atoms with van der Waals surface area (Å²) in [6.45, 7) is 9.95. The minimum Gasteiger partial charge on any atom is -0.478 e. The normalized spacial score (nSPS) is 11.1. The van der Waals surface area contributed by atoms with Crippen molar-refractivity contribution < 1.29 is 14.7 Å². The molecule has 148 valence electrons. The topological polar surface area (TPSA) is 81.7 Å². The Morgan fingerprint density at radius 1 is 1.08 bits per heavy atom. The van der Waals surface area contributed by atoms with Gasteiger partial charge in [-0.25, -0.2) is 4.79 Å². The number of rotatable bonds is 10. The number of hydrogen-bond donors (Lipinski definition) is 3. The SMILES string of the molecule is C.CN(CCCNC(=O)c1cccc(C(=O)O)c1)CCCNC(C)(C)C. The molecule has 6 heteroatoms. The molecule has 0 aliphatic rings. The summed E-state index contributed by atoms with van der Waals surface area (Å²) in [5.74, 6) is -1.27. The number of carboxylic acids is 1. The molecule has 0 aliphatic carbocycles. The number of carbonyl (C=O) groups excluding carboxylic acids is 1. The maximum absolute atomic E-state index is 12.0. The van der Waals surface area contributed by atoms with Gasteiger partial charge < -0.3 is 20.6 Å². The number of aromatic carboxylic acids is 1. The smallest absolute Gasteiger partial charge is 0.335 e. The fraction of sp³-hybridized carbons (Fsp3) is 0.600. The van der Waals surface area contributed by atoms with Gasteiger partial charge in [0.15, 0.2) is 0 Å². The first kappa shape index (κ1) is 24.1. The molecule has 1 amide bonds. The first-order chi connectivity index (χ1) is 11.7. The van der Waals surface area contributed by atoms with E-state index in [1.54, 1.807) is 12.1 Å². The van der Waals surface area contributed by atoms with Crippen molar-refractivity contribution in [3.8, 4) is 0 Å². The van der Waals surface area contributed by atoms with Crippen LogP contribution in [0.25, 0.3) is 0 Å². The molecule has 0 atom stereocenters. The molecule has 26 heavy (non-hydrogen) atoms. The molecule has 1 rings (SSSR count). The molecule has 3 N–H and O–H groups in total. The summed E-state index contributed by atoms with van der Waals surface area (Å²) in [5, 5.41) is 15.3. The zero-order valence-electron chi connectivity index (χ0n) is 15.8. The van der Waals surface area contributed by atoms with Gasteiger partial charge in [-0.1, -0.05) is 13.5 Å². The van der Waals surface area contributed by atoms with Gasteiger partial charge in [0, 0.05) is 17.6 Å². The van der Waals surface area contributed by atoms with Crippen LogP contribution in [-0.2, 0) is 0 Å².